The van der Waals surface area contributed by atoms with Crippen molar-refractivity contribution in [1.82, 2.24) is 0 Å². The van der Waals surface area contributed by atoms with Crippen molar-refractivity contribution in [2.75, 3.05) is 0 Å². The standard InChI is InChI=1S/3C7H8O.Ag.Ge/c3*1-6-4-2-3-5-7(6)8;;/h3*2-5,8H,1H3;;/q;;;+1;/p-3. The second-order valence-corrected chi connectivity index (χ2v) is 5.30. The molecule has 0 N–H and O–H groups in total. The van der Waals surface area contributed by atoms with E-state index in [9.17, 15) is 15.3 Å². The quantitative estimate of drug-likeness (QED) is 0.445. The summed E-state index contributed by atoms with van der Waals surface area (Å²) in [7, 11) is 0. The van der Waals surface area contributed by atoms with E-state index in [4.69, 9.17) is 0 Å². The Balaban J connectivity index is 0. The van der Waals surface area contributed by atoms with Gasteiger partial charge in [-0.1, -0.05) is 89.5 Å². The van der Waals surface area contributed by atoms with Crippen LogP contribution < -0.4 is 15.3 Å². The van der Waals surface area contributed by atoms with Gasteiger partial charge in [-0.05, 0) is 20.8 Å². The summed E-state index contributed by atoms with van der Waals surface area (Å²) in [4.78, 5) is 0. The maximum absolute atomic E-state index is 10.6. The minimum atomic E-state index is 0. The van der Waals surface area contributed by atoms with Crippen molar-refractivity contribution in [3.05, 3.63) is 89.5 Å². The summed E-state index contributed by atoms with van der Waals surface area (Å²) in [6.45, 7) is 5.42. The van der Waals surface area contributed by atoms with Crippen LogP contribution in [0.2, 0.25) is 0 Å². The fraction of sp³-hybridized carbons (Fsp3) is 0.143. The van der Waals surface area contributed by atoms with Gasteiger partial charge in [0.25, 0.3) is 0 Å². The van der Waals surface area contributed by atoms with Crippen molar-refractivity contribution in [3.63, 3.8) is 0 Å². The van der Waals surface area contributed by atoms with Gasteiger partial charge in [0.05, 0.1) is 0 Å². The van der Waals surface area contributed by atoms with Crippen molar-refractivity contribution in [2.45, 2.75) is 20.8 Å². The third-order valence-electron chi connectivity index (χ3n) is 3.28. The molecule has 0 fully saturated rings. The molecule has 0 aromatic heterocycles. The van der Waals surface area contributed by atoms with Crippen LogP contribution in [-0.4, -0.2) is 17.6 Å². The molecule has 0 bridgehead atoms. The SMILES string of the molecule is Cc1ccccc1[O-].Cc1ccccc1[O-].Cc1ccccc1[O-].[Ag+].[Ge]. The predicted molar refractivity (Wildman–Crippen MR) is 97.6 cm³/mol. The van der Waals surface area contributed by atoms with Crippen LogP contribution in [0.25, 0.3) is 0 Å². The van der Waals surface area contributed by atoms with Gasteiger partial charge in [0.1, 0.15) is 0 Å². The van der Waals surface area contributed by atoms with E-state index in [2.05, 4.69) is 0 Å². The van der Waals surface area contributed by atoms with E-state index in [0.717, 1.165) is 16.7 Å². The zero-order valence-corrected chi connectivity index (χ0v) is 18.5. The molecule has 0 saturated carbocycles. The van der Waals surface area contributed by atoms with E-state index >= 15 is 0 Å². The normalized spacial score (nSPS) is 8.42. The molecule has 5 heteroatoms. The molecule has 3 aromatic carbocycles. The fourth-order valence-electron chi connectivity index (χ4n) is 1.67. The van der Waals surface area contributed by atoms with Gasteiger partial charge in [-0.15, -0.1) is 17.2 Å². The molecule has 3 rings (SSSR count). The van der Waals surface area contributed by atoms with E-state index in [1.165, 1.54) is 0 Å². The topological polar surface area (TPSA) is 69.2 Å². The predicted octanol–water partition coefficient (Wildman–Crippen LogP) is 2.82. The summed E-state index contributed by atoms with van der Waals surface area (Å²) in [5, 5.41) is 31.9. The van der Waals surface area contributed by atoms with Crippen molar-refractivity contribution in [3.8, 4) is 17.2 Å². The summed E-state index contributed by atoms with van der Waals surface area (Å²) < 4.78 is 0. The minimum absolute atomic E-state index is 0. The molecular formula is C21H21AgGeO3-2. The van der Waals surface area contributed by atoms with E-state index in [0.29, 0.717) is 0 Å². The van der Waals surface area contributed by atoms with E-state index in [-0.39, 0.29) is 57.2 Å². The first-order valence-corrected chi connectivity index (χ1v) is 7.59. The molecule has 0 heterocycles. The van der Waals surface area contributed by atoms with E-state index < -0.39 is 0 Å². The maximum Gasteiger partial charge on any atom is 1.00 e. The smallest absolute Gasteiger partial charge is 0.872 e. The number of para-hydroxylation sites is 3. The van der Waals surface area contributed by atoms with Gasteiger partial charge in [-0.3, -0.25) is 0 Å². The number of hydrogen-bond acceptors (Lipinski definition) is 3. The molecule has 0 unspecified atom stereocenters. The second-order valence-electron chi connectivity index (χ2n) is 5.30. The first-order valence-electron chi connectivity index (χ1n) is 7.59. The molecule has 0 aliphatic carbocycles. The molecule has 0 atom stereocenters. The Hall–Kier alpha value is -1.66. The number of benzene rings is 3. The third kappa shape index (κ3) is 10.4. The molecule has 0 aliphatic heterocycles. The van der Waals surface area contributed by atoms with Gasteiger partial charge in [-0.25, -0.2) is 0 Å². The van der Waals surface area contributed by atoms with Crippen LogP contribution in [0.3, 0.4) is 0 Å². The van der Waals surface area contributed by atoms with Crippen molar-refractivity contribution in [2.24, 2.45) is 0 Å². The maximum atomic E-state index is 10.6. The molecule has 26 heavy (non-hydrogen) atoms. The zero-order valence-electron chi connectivity index (χ0n) is 15.0. The Morgan fingerprint density at radius 3 is 0.769 bits per heavy atom. The Morgan fingerprint density at radius 2 is 0.654 bits per heavy atom. The fourth-order valence-corrected chi connectivity index (χ4v) is 1.67. The molecule has 4 radical (unpaired) electrons. The van der Waals surface area contributed by atoms with Crippen LogP contribution in [0.4, 0.5) is 0 Å². The van der Waals surface area contributed by atoms with Gasteiger partial charge in [0.2, 0.25) is 0 Å². The monoisotopic (exact) mass is 502 g/mol. The number of rotatable bonds is 0. The first kappa shape index (κ1) is 26.6. The van der Waals surface area contributed by atoms with Crippen molar-refractivity contribution in [1.29, 1.82) is 0 Å². The molecular weight excluding hydrogens is 481 g/mol. The first-order chi connectivity index (χ1) is 11.4. The minimum Gasteiger partial charge on any atom is -0.872 e. The van der Waals surface area contributed by atoms with Gasteiger partial charge in [0, 0.05) is 17.6 Å². The molecule has 3 aromatic rings. The Bertz CT molecular complexity index is 597. The number of hydrogen-bond donors (Lipinski definition) is 0. The largest absolute Gasteiger partial charge is 1.00 e. The summed E-state index contributed by atoms with van der Waals surface area (Å²) in [5.41, 5.74) is 2.44. The molecule has 0 aliphatic rings. The van der Waals surface area contributed by atoms with Gasteiger partial charge < -0.3 is 15.3 Å². The summed E-state index contributed by atoms with van der Waals surface area (Å²) >= 11 is 0. The Morgan fingerprint density at radius 1 is 0.462 bits per heavy atom. The van der Waals surface area contributed by atoms with Crippen molar-refractivity contribution >= 4 is 17.6 Å². The van der Waals surface area contributed by atoms with Crippen LogP contribution in [0, 0.1) is 20.8 Å². The third-order valence-corrected chi connectivity index (χ3v) is 3.28. The molecule has 0 spiro atoms. The van der Waals surface area contributed by atoms with E-state index in [1.807, 2.05) is 57.2 Å². The Labute approximate surface area is 182 Å². The van der Waals surface area contributed by atoms with Gasteiger partial charge in [-0.2, -0.15) is 0 Å². The summed E-state index contributed by atoms with van der Waals surface area (Å²) in [6.07, 6.45) is 0. The number of aryl methyl sites for hydroxylation is 3. The molecule has 3 nitrogen and oxygen atoms in total. The molecule has 140 valence electrons. The molecule has 0 amide bonds. The van der Waals surface area contributed by atoms with Crippen LogP contribution in [0.5, 0.6) is 17.2 Å². The van der Waals surface area contributed by atoms with E-state index in [1.54, 1.807) is 36.4 Å². The van der Waals surface area contributed by atoms with Gasteiger partial charge in [0.15, 0.2) is 0 Å². The summed E-state index contributed by atoms with van der Waals surface area (Å²) in [6, 6.07) is 20.9. The van der Waals surface area contributed by atoms with Gasteiger partial charge >= 0.3 is 22.4 Å². The summed E-state index contributed by atoms with van der Waals surface area (Å²) in [5.74, 6) is 0.354. The average Bonchev–Trinajstić information content (AvgIpc) is 2.57. The van der Waals surface area contributed by atoms with Crippen LogP contribution >= 0.6 is 0 Å². The van der Waals surface area contributed by atoms with Crippen LogP contribution in [0.1, 0.15) is 16.7 Å². The van der Waals surface area contributed by atoms with Crippen molar-refractivity contribution < 1.29 is 37.7 Å². The van der Waals surface area contributed by atoms with Crippen LogP contribution in [0.15, 0.2) is 72.8 Å². The Kier molecular flexibility index (Phi) is 14.8. The molecule has 0 saturated heterocycles. The second kappa shape index (κ2) is 14.5. The van der Waals surface area contributed by atoms with Crippen LogP contribution in [-0.2, 0) is 22.4 Å². The average molecular weight is 502 g/mol. The zero-order chi connectivity index (χ0) is 17.9.